The molecule has 0 saturated carbocycles. The summed E-state index contributed by atoms with van der Waals surface area (Å²) in [6.07, 6.45) is 1.60. The van der Waals surface area contributed by atoms with Crippen LogP contribution in [0.1, 0.15) is 5.69 Å². The van der Waals surface area contributed by atoms with Crippen LogP contribution in [-0.2, 0) is 11.3 Å². The molecule has 0 atom stereocenters. The van der Waals surface area contributed by atoms with Gasteiger partial charge in [0, 0.05) is 39.4 Å². The number of aromatic nitrogens is 1. The SMILES string of the molecule is COCCNCCN(C)Cc1ccon1. The van der Waals surface area contributed by atoms with Crippen LogP contribution in [0.2, 0.25) is 0 Å². The second-order valence-corrected chi connectivity index (χ2v) is 3.47. The fourth-order valence-corrected chi connectivity index (χ4v) is 1.24. The van der Waals surface area contributed by atoms with Crippen molar-refractivity contribution in [1.82, 2.24) is 15.4 Å². The van der Waals surface area contributed by atoms with Gasteiger partial charge >= 0.3 is 0 Å². The first-order valence-corrected chi connectivity index (χ1v) is 5.10. The van der Waals surface area contributed by atoms with Gasteiger partial charge in [0.15, 0.2) is 0 Å². The van der Waals surface area contributed by atoms with Gasteiger partial charge in [0.2, 0.25) is 0 Å². The maximum Gasteiger partial charge on any atom is 0.124 e. The lowest BCUT2D eigenvalue weighted by molar-refractivity contribution is 0.197. The molecule has 1 rings (SSSR count). The molecule has 0 saturated heterocycles. The molecular weight excluding hydrogens is 194 g/mol. The summed E-state index contributed by atoms with van der Waals surface area (Å²) in [6, 6.07) is 1.88. The van der Waals surface area contributed by atoms with Gasteiger partial charge in [0.25, 0.3) is 0 Å². The molecule has 0 aromatic carbocycles. The van der Waals surface area contributed by atoms with Gasteiger partial charge in [-0.3, -0.25) is 4.90 Å². The third-order valence-electron chi connectivity index (χ3n) is 2.08. The smallest absolute Gasteiger partial charge is 0.124 e. The van der Waals surface area contributed by atoms with Gasteiger partial charge in [-0.15, -0.1) is 0 Å². The molecule has 1 heterocycles. The second-order valence-electron chi connectivity index (χ2n) is 3.47. The monoisotopic (exact) mass is 213 g/mol. The van der Waals surface area contributed by atoms with Crippen LogP contribution in [0, 0.1) is 0 Å². The van der Waals surface area contributed by atoms with Crippen LogP contribution in [0.15, 0.2) is 16.9 Å². The first-order chi connectivity index (χ1) is 7.33. The van der Waals surface area contributed by atoms with Gasteiger partial charge in [-0.25, -0.2) is 0 Å². The van der Waals surface area contributed by atoms with Crippen molar-refractivity contribution < 1.29 is 9.26 Å². The average molecular weight is 213 g/mol. The van der Waals surface area contributed by atoms with E-state index in [0.29, 0.717) is 0 Å². The van der Waals surface area contributed by atoms with E-state index in [1.54, 1.807) is 13.4 Å². The molecule has 5 nitrogen and oxygen atoms in total. The summed E-state index contributed by atoms with van der Waals surface area (Å²) in [5.41, 5.74) is 0.967. The molecule has 0 spiro atoms. The summed E-state index contributed by atoms with van der Waals surface area (Å²) < 4.78 is 9.70. The normalized spacial score (nSPS) is 11.1. The zero-order chi connectivity index (χ0) is 10.9. The molecule has 1 aromatic heterocycles. The quantitative estimate of drug-likeness (QED) is 0.631. The Morgan fingerprint density at radius 2 is 2.40 bits per heavy atom. The van der Waals surface area contributed by atoms with Crippen molar-refractivity contribution in [1.29, 1.82) is 0 Å². The van der Waals surface area contributed by atoms with E-state index in [4.69, 9.17) is 9.26 Å². The van der Waals surface area contributed by atoms with E-state index in [1.807, 2.05) is 6.07 Å². The highest BCUT2D eigenvalue weighted by atomic mass is 16.5. The molecule has 0 bridgehead atoms. The summed E-state index contributed by atoms with van der Waals surface area (Å²) in [5, 5.41) is 7.14. The Bertz CT molecular complexity index is 239. The molecule has 0 aliphatic rings. The van der Waals surface area contributed by atoms with E-state index < -0.39 is 0 Å². The Labute approximate surface area is 90.4 Å². The van der Waals surface area contributed by atoms with Gasteiger partial charge < -0.3 is 14.6 Å². The van der Waals surface area contributed by atoms with Crippen LogP contribution in [0.5, 0.6) is 0 Å². The highest BCUT2D eigenvalue weighted by Crippen LogP contribution is 1.98. The lowest BCUT2D eigenvalue weighted by atomic mass is 10.4. The molecule has 1 N–H and O–H groups in total. The van der Waals surface area contributed by atoms with Crippen LogP contribution in [-0.4, -0.2) is 50.5 Å². The van der Waals surface area contributed by atoms with Crippen molar-refractivity contribution in [3.8, 4) is 0 Å². The molecule has 0 unspecified atom stereocenters. The summed E-state index contributed by atoms with van der Waals surface area (Å²) in [5.74, 6) is 0. The molecule has 0 fully saturated rings. The average Bonchev–Trinajstić information content (AvgIpc) is 2.70. The summed E-state index contributed by atoms with van der Waals surface area (Å²) >= 11 is 0. The maximum atomic E-state index is 4.94. The standard InChI is InChI=1S/C10H19N3O2/c1-13(6-4-11-5-8-14-2)9-10-3-7-15-12-10/h3,7,11H,4-6,8-9H2,1-2H3. The van der Waals surface area contributed by atoms with Gasteiger partial charge in [0.1, 0.15) is 6.26 Å². The summed E-state index contributed by atoms with van der Waals surface area (Å²) in [6.45, 7) is 4.41. The van der Waals surface area contributed by atoms with Gasteiger partial charge in [0.05, 0.1) is 12.3 Å². The zero-order valence-corrected chi connectivity index (χ0v) is 9.40. The van der Waals surface area contributed by atoms with Gasteiger partial charge in [-0.2, -0.15) is 0 Å². The number of methoxy groups -OCH3 is 1. The highest BCUT2D eigenvalue weighted by Gasteiger charge is 2.01. The lowest BCUT2D eigenvalue weighted by Gasteiger charge is -2.14. The van der Waals surface area contributed by atoms with Crippen LogP contribution in [0.25, 0.3) is 0 Å². The van der Waals surface area contributed by atoms with E-state index in [1.165, 1.54) is 0 Å². The minimum atomic E-state index is 0.757. The zero-order valence-electron chi connectivity index (χ0n) is 9.40. The Hall–Kier alpha value is -0.910. The number of hydrogen-bond donors (Lipinski definition) is 1. The number of hydrogen-bond acceptors (Lipinski definition) is 5. The molecule has 15 heavy (non-hydrogen) atoms. The fraction of sp³-hybridized carbons (Fsp3) is 0.700. The highest BCUT2D eigenvalue weighted by molar-refractivity contribution is 4.94. The predicted octanol–water partition coefficient (Wildman–Crippen LogP) is 0.342. The number of nitrogens with one attached hydrogen (secondary N) is 1. The molecule has 1 aromatic rings. The Morgan fingerprint density at radius 1 is 1.53 bits per heavy atom. The maximum absolute atomic E-state index is 4.94. The molecule has 0 amide bonds. The van der Waals surface area contributed by atoms with Crippen LogP contribution >= 0.6 is 0 Å². The fourth-order valence-electron chi connectivity index (χ4n) is 1.24. The van der Waals surface area contributed by atoms with Crippen molar-refractivity contribution in [2.45, 2.75) is 6.54 Å². The van der Waals surface area contributed by atoms with E-state index in [2.05, 4.69) is 22.4 Å². The van der Waals surface area contributed by atoms with E-state index in [9.17, 15) is 0 Å². The van der Waals surface area contributed by atoms with Gasteiger partial charge in [-0.1, -0.05) is 5.16 Å². The molecule has 0 aliphatic heterocycles. The van der Waals surface area contributed by atoms with E-state index >= 15 is 0 Å². The van der Waals surface area contributed by atoms with E-state index in [0.717, 1.165) is 38.5 Å². The van der Waals surface area contributed by atoms with Gasteiger partial charge in [-0.05, 0) is 7.05 Å². The topological polar surface area (TPSA) is 50.5 Å². The van der Waals surface area contributed by atoms with Crippen molar-refractivity contribution in [2.75, 3.05) is 40.4 Å². The summed E-state index contributed by atoms with van der Waals surface area (Å²) in [4.78, 5) is 2.19. The van der Waals surface area contributed by atoms with Crippen molar-refractivity contribution in [2.24, 2.45) is 0 Å². The minimum Gasteiger partial charge on any atom is -0.383 e. The molecule has 0 radical (unpaired) electrons. The number of ether oxygens (including phenoxy) is 1. The molecular formula is C10H19N3O2. The van der Waals surface area contributed by atoms with Crippen molar-refractivity contribution in [3.63, 3.8) is 0 Å². The number of rotatable bonds is 8. The lowest BCUT2D eigenvalue weighted by Crippen LogP contribution is -2.30. The molecule has 5 heteroatoms. The summed E-state index contributed by atoms with van der Waals surface area (Å²) in [7, 11) is 3.77. The number of nitrogens with zero attached hydrogens (tertiary/aromatic N) is 2. The molecule has 0 aliphatic carbocycles. The third kappa shape index (κ3) is 5.51. The first kappa shape index (κ1) is 12.2. The van der Waals surface area contributed by atoms with Crippen molar-refractivity contribution >= 4 is 0 Å². The van der Waals surface area contributed by atoms with E-state index in [-0.39, 0.29) is 0 Å². The minimum absolute atomic E-state index is 0.757. The van der Waals surface area contributed by atoms with Crippen LogP contribution < -0.4 is 5.32 Å². The third-order valence-corrected chi connectivity index (χ3v) is 2.08. The van der Waals surface area contributed by atoms with Crippen LogP contribution in [0.4, 0.5) is 0 Å². The van der Waals surface area contributed by atoms with Crippen LogP contribution in [0.3, 0.4) is 0 Å². The predicted molar refractivity (Wildman–Crippen MR) is 57.6 cm³/mol. The Morgan fingerprint density at radius 3 is 3.07 bits per heavy atom. The largest absolute Gasteiger partial charge is 0.383 e. The Kier molecular flexibility index (Phi) is 5.99. The first-order valence-electron chi connectivity index (χ1n) is 5.10. The molecule has 86 valence electrons. The number of likely N-dealkylation sites (N-methyl/N-ethyl adjacent to an activating group) is 1. The Balaban J connectivity index is 2.01. The second kappa shape index (κ2) is 7.39. The van der Waals surface area contributed by atoms with Crippen molar-refractivity contribution in [3.05, 3.63) is 18.0 Å².